The first-order valence-corrected chi connectivity index (χ1v) is 15.8. The van der Waals surface area contributed by atoms with Crippen molar-refractivity contribution in [1.82, 2.24) is 10.9 Å². The van der Waals surface area contributed by atoms with Gasteiger partial charge in [0, 0.05) is 9.75 Å². The van der Waals surface area contributed by atoms with E-state index in [9.17, 15) is 9.59 Å². The molecule has 0 fully saturated rings. The molecule has 218 valence electrons. The van der Waals surface area contributed by atoms with Crippen LogP contribution in [0.3, 0.4) is 0 Å². The summed E-state index contributed by atoms with van der Waals surface area (Å²) in [4.78, 5) is 29.2. The monoisotopic (exact) mass is 628 g/mol. The second kappa shape index (κ2) is 14.5. The molecular weight excluding hydrogens is 601 g/mol. The number of carbonyl (C=O) groups excluding carboxylic acids is 2. The van der Waals surface area contributed by atoms with Crippen LogP contribution in [-0.2, 0) is 13.2 Å². The third-order valence-corrected chi connectivity index (χ3v) is 9.20. The summed E-state index contributed by atoms with van der Waals surface area (Å²) in [5.74, 6) is -0.720. The first-order chi connectivity index (χ1) is 21.0. The standard InChI is InChI=1S/C32H28N4O4S3/c1-21(25-15-9-17-41-25)33-35-31(37)29-27(39-19-23-11-5-3-6-12-23)28(40-20-24-13-7-4-8-14-24)30(43-29)32(38)36-34-22(2)26-16-10-18-42-26/h3-18H,19-20H2,1-2H3,(H,35,37)(H,36,38)/b33-21+,34-22+. The third-order valence-electron chi connectivity index (χ3n) is 6.09. The minimum absolute atomic E-state index is 0.158. The van der Waals surface area contributed by atoms with E-state index in [-0.39, 0.29) is 34.5 Å². The van der Waals surface area contributed by atoms with Gasteiger partial charge in [-0.15, -0.1) is 34.0 Å². The van der Waals surface area contributed by atoms with E-state index in [1.807, 2.05) is 110 Å². The first-order valence-electron chi connectivity index (χ1n) is 13.3. The summed E-state index contributed by atoms with van der Waals surface area (Å²) >= 11 is 4.00. The van der Waals surface area contributed by atoms with Crippen molar-refractivity contribution in [3.05, 3.63) is 126 Å². The van der Waals surface area contributed by atoms with Gasteiger partial charge in [0.1, 0.15) is 23.0 Å². The van der Waals surface area contributed by atoms with Crippen LogP contribution in [0.4, 0.5) is 0 Å². The molecule has 0 saturated carbocycles. The number of hydrogen-bond donors (Lipinski definition) is 2. The van der Waals surface area contributed by atoms with Crippen LogP contribution in [0.2, 0.25) is 0 Å². The lowest BCUT2D eigenvalue weighted by molar-refractivity contribution is 0.0944. The molecular formula is C32H28N4O4S3. The second-order valence-electron chi connectivity index (χ2n) is 9.20. The van der Waals surface area contributed by atoms with Crippen LogP contribution in [0.15, 0.2) is 106 Å². The van der Waals surface area contributed by atoms with E-state index in [0.717, 1.165) is 32.2 Å². The molecule has 0 aliphatic carbocycles. The van der Waals surface area contributed by atoms with Crippen molar-refractivity contribution in [2.24, 2.45) is 10.2 Å². The topological polar surface area (TPSA) is 101 Å². The maximum absolute atomic E-state index is 13.5. The number of benzene rings is 2. The Kier molecular flexibility index (Phi) is 10.1. The van der Waals surface area contributed by atoms with Crippen molar-refractivity contribution in [3.8, 4) is 11.5 Å². The Morgan fingerprint density at radius 3 is 1.42 bits per heavy atom. The lowest BCUT2D eigenvalue weighted by Crippen LogP contribution is -2.19. The summed E-state index contributed by atoms with van der Waals surface area (Å²) in [6.45, 7) is 3.95. The molecule has 8 nitrogen and oxygen atoms in total. The van der Waals surface area contributed by atoms with Gasteiger partial charge >= 0.3 is 0 Å². The van der Waals surface area contributed by atoms with Crippen LogP contribution < -0.4 is 20.3 Å². The maximum Gasteiger partial charge on any atom is 0.285 e. The Morgan fingerprint density at radius 2 is 1.05 bits per heavy atom. The van der Waals surface area contributed by atoms with E-state index in [1.54, 1.807) is 0 Å². The number of ether oxygens (including phenoxy) is 2. The number of hydrogen-bond acceptors (Lipinski definition) is 9. The molecule has 0 saturated heterocycles. The van der Waals surface area contributed by atoms with Crippen LogP contribution in [0.1, 0.15) is 54.1 Å². The molecule has 0 unspecified atom stereocenters. The Hall–Kier alpha value is -4.58. The zero-order valence-corrected chi connectivity index (χ0v) is 25.9. The number of hydrazone groups is 2. The second-order valence-corrected chi connectivity index (χ2v) is 12.1. The van der Waals surface area contributed by atoms with E-state index in [1.165, 1.54) is 22.7 Å². The summed E-state index contributed by atoms with van der Waals surface area (Å²) in [5, 5.41) is 12.4. The van der Waals surface area contributed by atoms with Crippen molar-refractivity contribution < 1.29 is 19.1 Å². The Balaban J connectivity index is 1.50. The van der Waals surface area contributed by atoms with Crippen molar-refractivity contribution in [2.75, 3.05) is 0 Å². The van der Waals surface area contributed by atoms with Crippen LogP contribution in [0.25, 0.3) is 0 Å². The fraction of sp³-hybridized carbons (Fsp3) is 0.125. The van der Waals surface area contributed by atoms with Crippen LogP contribution >= 0.6 is 34.0 Å². The van der Waals surface area contributed by atoms with Crippen LogP contribution in [0, 0.1) is 0 Å². The van der Waals surface area contributed by atoms with Crippen molar-refractivity contribution in [2.45, 2.75) is 27.1 Å². The predicted octanol–water partition coefficient (Wildman–Crippen LogP) is 7.34. The fourth-order valence-corrected chi connectivity index (χ4v) is 6.20. The molecule has 3 heterocycles. The summed E-state index contributed by atoms with van der Waals surface area (Å²) in [6, 6.07) is 26.8. The van der Waals surface area contributed by atoms with Crippen LogP contribution in [-0.4, -0.2) is 23.2 Å². The van der Waals surface area contributed by atoms with Crippen molar-refractivity contribution in [3.63, 3.8) is 0 Å². The molecule has 5 rings (SSSR count). The van der Waals surface area contributed by atoms with Gasteiger partial charge < -0.3 is 9.47 Å². The lowest BCUT2D eigenvalue weighted by atomic mass is 10.2. The molecule has 0 aliphatic heterocycles. The van der Waals surface area contributed by atoms with E-state index in [0.29, 0.717) is 11.4 Å². The molecule has 0 aliphatic rings. The van der Waals surface area contributed by atoms with Gasteiger partial charge in [-0.25, -0.2) is 10.9 Å². The summed E-state index contributed by atoms with van der Waals surface area (Å²) in [7, 11) is 0. The van der Waals surface area contributed by atoms with E-state index < -0.39 is 11.8 Å². The average molecular weight is 629 g/mol. The van der Waals surface area contributed by atoms with Gasteiger partial charge in [0.25, 0.3) is 11.8 Å². The molecule has 2 aromatic carbocycles. The van der Waals surface area contributed by atoms with Gasteiger partial charge in [0.2, 0.25) is 0 Å². The van der Waals surface area contributed by atoms with Gasteiger partial charge in [-0.1, -0.05) is 72.8 Å². The number of nitrogens with one attached hydrogen (secondary N) is 2. The molecule has 0 radical (unpaired) electrons. The van der Waals surface area contributed by atoms with Gasteiger partial charge in [-0.2, -0.15) is 10.2 Å². The molecule has 11 heteroatoms. The van der Waals surface area contributed by atoms with E-state index in [4.69, 9.17) is 9.47 Å². The predicted molar refractivity (Wildman–Crippen MR) is 174 cm³/mol. The zero-order valence-electron chi connectivity index (χ0n) is 23.4. The highest BCUT2D eigenvalue weighted by molar-refractivity contribution is 7.16. The number of carbonyl (C=O) groups is 2. The van der Waals surface area contributed by atoms with Crippen LogP contribution in [0.5, 0.6) is 11.5 Å². The normalized spacial score (nSPS) is 11.7. The quantitative estimate of drug-likeness (QED) is 0.112. The largest absolute Gasteiger partial charge is 0.483 e. The highest BCUT2D eigenvalue weighted by Crippen LogP contribution is 2.43. The lowest BCUT2D eigenvalue weighted by Gasteiger charge is -2.12. The van der Waals surface area contributed by atoms with E-state index in [2.05, 4.69) is 21.1 Å². The highest BCUT2D eigenvalue weighted by Gasteiger charge is 2.30. The molecule has 0 atom stereocenters. The van der Waals surface area contributed by atoms with Gasteiger partial charge in [0.05, 0.1) is 11.4 Å². The fourth-order valence-electron chi connectivity index (χ4n) is 3.87. The zero-order chi connectivity index (χ0) is 30.0. The third kappa shape index (κ3) is 7.83. The molecule has 3 aromatic heterocycles. The maximum atomic E-state index is 13.5. The first kappa shape index (κ1) is 29.9. The molecule has 2 N–H and O–H groups in total. The minimum atomic E-state index is -0.522. The molecule has 5 aromatic rings. The van der Waals surface area contributed by atoms with Crippen molar-refractivity contribution >= 4 is 57.2 Å². The molecule has 0 spiro atoms. The molecule has 0 bridgehead atoms. The van der Waals surface area contributed by atoms with Gasteiger partial charge in [0.15, 0.2) is 11.5 Å². The summed E-state index contributed by atoms with van der Waals surface area (Å²) in [6.07, 6.45) is 0. The SMILES string of the molecule is C/C(=N\NC(=O)c1sc(C(=O)N/N=C(\C)c2cccs2)c(OCc2ccccc2)c1OCc1ccccc1)c1cccs1. The molecule has 43 heavy (non-hydrogen) atoms. The summed E-state index contributed by atoms with van der Waals surface area (Å²) < 4.78 is 12.4. The number of thiophene rings is 3. The number of rotatable bonds is 12. The average Bonchev–Trinajstić information content (AvgIpc) is 3.83. The smallest absolute Gasteiger partial charge is 0.285 e. The summed E-state index contributed by atoms with van der Waals surface area (Å²) in [5.41, 5.74) is 8.34. The number of amides is 2. The number of nitrogens with zero attached hydrogens (tertiary/aromatic N) is 2. The van der Waals surface area contributed by atoms with Crippen molar-refractivity contribution in [1.29, 1.82) is 0 Å². The van der Waals surface area contributed by atoms with E-state index >= 15 is 0 Å². The minimum Gasteiger partial charge on any atom is -0.483 e. The Labute approximate surface area is 261 Å². The Morgan fingerprint density at radius 1 is 0.628 bits per heavy atom. The Bertz CT molecular complexity index is 1590. The van der Waals surface area contributed by atoms with Gasteiger partial charge in [-0.3, -0.25) is 9.59 Å². The molecule has 2 amide bonds. The van der Waals surface area contributed by atoms with Gasteiger partial charge in [-0.05, 0) is 47.9 Å². The highest BCUT2D eigenvalue weighted by atomic mass is 32.1.